The molecule has 20 heavy (non-hydrogen) atoms. The van der Waals surface area contributed by atoms with Gasteiger partial charge in [0.25, 0.3) is 5.91 Å². The minimum Gasteiger partial charge on any atom is -0.385 e. The van der Waals surface area contributed by atoms with Gasteiger partial charge >= 0.3 is 0 Å². The molecular weight excluding hydrogens is 248 g/mol. The fourth-order valence-corrected chi connectivity index (χ4v) is 4.29. The average molecular weight is 270 g/mol. The summed E-state index contributed by atoms with van der Waals surface area (Å²) in [5.41, 5.74) is 3.32. The molecule has 2 aliphatic carbocycles. The van der Waals surface area contributed by atoms with Crippen LogP contribution in [0.2, 0.25) is 0 Å². The zero-order chi connectivity index (χ0) is 13.5. The molecule has 1 heterocycles. The standard InChI is InChI=1S/C17H22N2O/c20-17(19-16-9-11-3-4-13(16)8-11)14-5-6-15-12(10-14)2-1-7-18-15/h5-6,10-11,13,16,18H,1-4,7-9H2,(H,19,20). The van der Waals surface area contributed by atoms with Gasteiger partial charge < -0.3 is 10.6 Å². The van der Waals surface area contributed by atoms with Gasteiger partial charge in [0, 0.05) is 23.8 Å². The third kappa shape index (κ3) is 2.09. The van der Waals surface area contributed by atoms with Gasteiger partial charge in [0.05, 0.1) is 0 Å². The van der Waals surface area contributed by atoms with E-state index in [1.54, 1.807) is 0 Å². The summed E-state index contributed by atoms with van der Waals surface area (Å²) in [5, 5.41) is 6.67. The number of hydrogen-bond donors (Lipinski definition) is 2. The van der Waals surface area contributed by atoms with Crippen molar-refractivity contribution in [3.8, 4) is 0 Å². The van der Waals surface area contributed by atoms with Crippen LogP contribution in [-0.4, -0.2) is 18.5 Å². The Morgan fingerprint density at radius 2 is 2.20 bits per heavy atom. The molecule has 1 aromatic carbocycles. The molecule has 2 N–H and O–H groups in total. The van der Waals surface area contributed by atoms with Gasteiger partial charge in [0.15, 0.2) is 0 Å². The number of anilines is 1. The number of carbonyl (C=O) groups is 1. The quantitative estimate of drug-likeness (QED) is 0.867. The summed E-state index contributed by atoms with van der Waals surface area (Å²) in [4.78, 5) is 12.4. The van der Waals surface area contributed by atoms with Crippen molar-refractivity contribution in [2.45, 2.75) is 44.6 Å². The van der Waals surface area contributed by atoms with E-state index in [9.17, 15) is 4.79 Å². The highest BCUT2D eigenvalue weighted by molar-refractivity contribution is 5.95. The number of rotatable bonds is 2. The van der Waals surface area contributed by atoms with E-state index in [0.717, 1.165) is 36.8 Å². The van der Waals surface area contributed by atoms with E-state index in [2.05, 4.69) is 22.8 Å². The zero-order valence-electron chi connectivity index (χ0n) is 11.8. The third-order valence-electron chi connectivity index (χ3n) is 5.36. The predicted octanol–water partition coefficient (Wildman–Crippen LogP) is 2.96. The normalized spacial score (nSPS) is 30.7. The van der Waals surface area contributed by atoms with Crippen LogP contribution in [0.1, 0.15) is 48.0 Å². The van der Waals surface area contributed by atoms with Crippen LogP contribution in [0.25, 0.3) is 0 Å². The minimum absolute atomic E-state index is 0.121. The molecule has 1 amide bonds. The van der Waals surface area contributed by atoms with E-state index in [1.807, 2.05) is 6.07 Å². The van der Waals surface area contributed by atoms with Crippen LogP contribution in [0.3, 0.4) is 0 Å². The molecule has 2 saturated carbocycles. The van der Waals surface area contributed by atoms with Gasteiger partial charge in [-0.25, -0.2) is 0 Å². The van der Waals surface area contributed by atoms with Crippen LogP contribution in [0, 0.1) is 11.8 Å². The van der Waals surface area contributed by atoms with Crippen LogP contribution in [0.5, 0.6) is 0 Å². The van der Waals surface area contributed by atoms with E-state index < -0.39 is 0 Å². The summed E-state index contributed by atoms with van der Waals surface area (Å²) in [7, 11) is 0. The summed E-state index contributed by atoms with van der Waals surface area (Å²) in [6.07, 6.45) is 7.45. The second-order valence-electron chi connectivity index (χ2n) is 6.66. The topological polar surface area (TPSA) is 41.1 Å². The Kier molecular flexibility index (Phi) is 2.94. The van der Waals surface area contributed by atoms with Crippen molar-refractivity contribution >= 4 is 11.6 Å². The maximum atomic E-state index is 12.4. The molecule has 2 fully saturated rings. The molecule has 3 heteroatoms. The van der Waals surface area contributed by atoms with E-state index in [0.29, 0.717) is 6.04 Å². The number of aryl methyl sites for hydroxylation is 1. The maximum absolute atomic E-state index is 12.4. The molecule has 0 saturated heterocycles. The van der Waals surface area contributed by atoms with Crippen molar-refractivity contribution in [2.75, 3.05) is 11.9 Å². The molecule has 0 spiro atoms. The lowest BCUT2D eigenvalue weighted by Crippen LogP contribution is -2.38. The number of benzene rings is 1. The Balaban J connectivity index is 1.48. The van der Waals surface area contributed by atoms with E-state index in [1.165, 1.54) is 36.9 Å². The lowest BCUT2D eigenvalue weighted by Gasteiger charge is -2.23. The summed E-state index contributed by atoms with van der Waals surface area (Å²) < 4.78 is 0. The molecule has 2 bridgehead atoms. The maximum Gasteiger partial charge on any atom is 0.251 e. The molecule has 0 aromatic heterocycles. The third-order valence-corrected chi connectivity index (χ3v) is 5.36. The lowest BCUT2D eigenvalue weighted by atomic mass is 9.95. The Labute approximate surface area is 120 Å². The molecule has 3 nitrogen and oxygen atoms in total. The van der Waals surface area contributed by atoms with E-state index in [4.69, 9.17) is 0 Å². The van der Waals surface area contributed by atoms with Crippen molar-refractivity contribution < 1.29 is 4.79 Å². The van der Waals surface area contributed by atoms with Crippen molar-refractivity contribution in [3.05, 3.63) is 29.3 Å². The first-order valence-electron chi connectivity index (χ1n) is 7.97. The predicted molar refractivity (Wildman–Crippen MR) is 80.0 cm³/mol. The highest BCUT2D eigenvalue weighted by Gasteiger charge is 2.40. The Bertz CT molecular complexity index is 540. The van der Waals surface area contributed by atoms with E-state index in [-0.39, 0.29) is 5.91 Å². The van der Waals surface area contributed by atoms with Crippen LogP contribution in [0.15, 0.2) is 18.2 Å². The van der Waals surface area contributed by atoms with Crippen LogP contribution >= 0.6 is 0 Å². The minimum atomic E-state index is 0.121. The molecule has 1 aromatic rings. The molecule has 4 rings (SSSR count). The van der Waals surface area contributed by atoms with Crippen LogP contribution in [0.4, 0.5) is 5.69 Å². The fourth-order valence-electron chi connectivity index (χ4n) is 4.29. The van der Waals surface area contributed by atoms with Crippen LogP contribution < -0.4 is 10.6 Å². The average Bonchev–Trinajstić information content (AvgIpc) is 3.09. The lowest BCUT2D eigenvalue weighted by molar-refractivity contribution is 0.0923. The molecule has 3 atom stereocenters. The molecule has 1 aliphatic heterocycles. The van der Waals surface area contributed by atoms with Gasteiger partial charge in [-0.1, -0.05) is 6.42 Å². The van der Waals surface area contributed by atoms with Crippen molar-refractivity contribution in [3.63, 3.8) is 0 Å². The van der Waals surface area contributed by atoms with Gasteiger partial charge in [0.2, 0.25) is 0 Å². The van der Waals surface area contributed by atoms with Crippen LogP contribution in [-0.2, 0) is 6.42 Å². The number of fused-ring (bicyclic) bond motifs is 3. The van der Waals surface area contributed by atoms with Crippen molar-refractivity contribution in [1.82, 2.24) is 5.32 Å². The smallest absolute Gasteiger partial charge is 0.251 e. The van der Waals surface area contributed by atoms with Crippen molar-refractivity contribution in [2.24, 2.45) is 11.8 Å². The monoisotopic (exact) mass is 270 g/mol. The van der Waals surface area contributed by atoms with Crippen molar-refractivity contribution in [1.29, 1.82) is 0 Å². The number of nitrogens with one attached hydrogen (secondary N) is 2. The Hall–Kier alpha value is -1.51. The molecule has 0 radical (unpaired) electrons. The second-order valence-corrected chi connectivity index (χ2v) is 6.66. The number of hydrogen-bond acceptors (Lipinski definition) is 2. The number of carbonyl (C=O) groups excluding carboxylic acids is 1. The molecular formula is C17H22N2O. The Morgan fingerprint density at radius 3 is 3.00 bits per heavy atom. The first-order valence-corrected chi connectivity index (χ1v) is 7.97. The fraction of sp³-hybridized carbons (Fsp3) is 0.588. The second kappa shape index (κ2) is 4.80. The van der Waals surface area contributed by atoms with E-state index >= 15 is 0 Å². The Morgan fingerprint density at radius 1 is 1.25 bits per heavy atom. The van der Waals surface area contributed by atoms with Gasteiger partial charge in [-0.2, -0.15) is 0 Å². The SMILES string of the molecule is O=C(NC1CC2CCC1C2)c1ccc2c(c1)CCCN2. The summed E-state index contributed by atoms with van der Waals surface area (Å²) in [6, 6.07) is 6.52. The molecule has 106 valence electrons. The zero-order valence-corrected chi connectivity index (χ0v) is 11.8. The first-order chi connectivity index (χ1) is 9.79. The number of amides is 1. The van der Waals surface area contributed by atoms with Gasteiger partial charge in [-0.15, -0.1) is 0 Å². The largest absolute Gasteiger partial charge is 0.385 e. The summed E-state index contributed by atoms with van der Waals surface area (Å²) in [5.74, 6) is 1.73. The first kappa shape index (κ1) is 12.2. The summed E-state index contributed by atoms with van der Waals surface area (Å²) >= 11 is 0. The highest BCUT2D eigenvalue weighted by atomic mass is 16.1. The van der Waals surface area contributed by atoms with Gasteiger partial charge in [0.1, 0.15) is 0 Å². The molecule has 3 aliphatic rings. The summed E-state index contributed by atoms with van der Waals surface area (Å²) in [6.45, 7) is 1.05. The van der Waals surface area contributed by atoms with Gasteiger partial charge in [-0.3, -0.25) is 4.79 Å². The highest BCUT2D eigenvalue weighted by Crippen LogP contribution is 2.44. The molecule has 3 unspecified atom stereocenters. The van der Waals surface area contributed by atoms with Gasteiger partial charge in [-0.05, 0) is 67.7 Å².